The van der Waals surface area contributed by atoms with Crippen LogP contribution in [0.5, 0.6) is 11.5 Å². The highest BCUT2D eigenvalue weighted by Gasteiger charge is 2.17. The van der Waals surface area contributed by atoms with Gasteiger partial charge in [0.2, 0.25) is 12.7 Å². The molecule has 0 atom stereocenters. The van der Waals surface area contributed by atoms with Crippen LogP contribution < -0.4 is 9.47 Å². The second-order valence-corrected chi connectivity index (χ2v) is 8.65. The van der Waals surface area contributed by atoms with Crippen molar-refractivity contribution in [1.29, 1.82) is 0 Å². The number of carbonyl (C=O) groups is 1. The quantitative estimate of drug-likeness (QED) is 0.306. The van der Waals surface area contributed by atoms with E-state index in [1.165, 1.54) is 44.9 Å². The third-order valence-corrected chi connectivity index (χ3v) is 6.02. The number of aromatic nitrogens is 1. The molecule has 0 saturated carbocycles. The van der Waals surface area contributed by atoms with E-state index in [4.69, 9.17) is 9.47 Å². The molecule has 5 heteroatoms. The van der Waals surface area contributed by atoms with Crippen molar-refractivity contribution < 1.29 is 14.3 Å². The van der Waals surface area contributed by atoms with Crippen molar-refractivity contribution in [3.05, 3.63) is 53.9 Å². The summed E-state index contributed by atoms with van der Waals surface area (Å²) in [6.07, 6.45) is 14.5. The smallest absolute Gasteiger partial charge is 0.231 e. The highest BCUT2D eigenvalue weighted by molar-refractivity contribution is 5.76. The van der Waals surface area contributed by atoms with Gasteiger partial charge in [0.1, 0.15) is 0 Å². The van der Waals surface area contributed by atoms with Crippen molar-refractivity contribution in [2.24, 2.45) is 0 Å². The van der Waals surface area contributed by atoms with Crippen LogP contribution >= 0.6 is 0 Å². The molecule has 174 valence electrons. The number of rotatable bonds is 15. The standard InChI is InChI=1S/C27H38N2O3/c1-2-3-4-5-6-7-8-9-10-14-27(30)29(19-17-24-13-11-12-18-28-24)21-23-15-16-25-26(20-23)32-22-31-25/h11-13,15-16,18,20H,2-10,14,17,19,21-22H2,1H3. The van der Waals surface area contributed by atoms with Gasteiger partial charge in [-0.2, -0.15) is 0 Å². The minimum Gasteiger partial charge on any atom is -0.454 e. The van der Waals surface area contributed by atoms with E-state index in [9.17, 15) is 4.79 Å². The molecule has 1 aliphatic heterocycles. The first kappa shape index (κ1) is 24.1. The Labute approximate surface area is 193 Å². The topological polar surface area (TPSA) is 51.7 Å². The SMILES string of the molecule is CCCCCCCCCCCC(=O)N(CCc1ccccn1)Cc1ccc2c(c1)OCO2. The van der Waals surface area contributed by atoms with Crippen molar-refractivity contribution in [2.45, 2.75) is 84.1 Å². The number of carbonyl (C=O) groups excluding carboxylic acids is 1. The predicted molar refractivity (Wildman–Crippen MR) is 128 cm³/mol. The summed E-state index contributed by atoms with van der Waals surface area (Å²) in [6.45, 7) is 3.77. The normalized spacial score (nSPS) is 12.2. The molecule has 0 saturated heterocycles. The van der Waals surface area contributed by atoms with Crippen LogP contribution in [0, 0.1) is 0 Å². The molecule has 0 bridgehead atoms. The summed E-state index contributed by atoms with van der Waals surface area (Å²) in [7, 11) is 0. The number of unbranched alkanes of at least 4 members (excludes halogenated alkanes) is 8. The molecule has 3 rings (SSSR count). The lowest BCUT2D eigenvalue weighted by atomic mass is 10.1. The minimum atomic E-state index is 0.224. The van der Waals surface area contributed by atoms with Gasteiger partial charge in [0, 0.05) is 37.8 Å². The van der Waals surface area contributed by atoms with Crippen LogP contribution in [0.2, 0.25) is 0 Å². The van der Waals surface area contributed by atoms with Gasteiger partial charge in [-0.15, -0.1) is 0 Å². The number of benzene rings is 1. The molecular formula is C27H38N2O3. The Balaban J connectivity index is 1.47. The maximum absolute atomic E-state index is 13.1. The molecular weight excluding hydrogens is 400 g/mol. The lowest BCUT2D eigenvalue weighted by Gasteiger charge is -2.23. The number of hydrogen-bond acceptors (Lipinski definition) is 4. The Morgan fingerprint density at radius 1 is 0.938 bits per heavy atom. The van der Waals surface area contributed by atoms with Crippen LogP contribution in [0.25, 0.3) is 0 Å². The van der Waals surface area contributed by atoms with E-state index in [2.05, 4.69) is 11.9 Å². The monoisotopic (exact) mass is 438 g/mol. The summed E-state index contributed by atoms with van der Waals surface area (Å²) in [5, 5.41) is 0. The highest BCUT2D eigenvalue weighted by atomic mass is 16.7. The summed E-state index contributed by atoms with van der Waals surface area (Å²) < 4.78 is 10.9. The average molecular weight is 439 g/mol. The molecule has 0 radical (unpaired) electrons. The minimum absolute atomic E-state index is 0.224. The fourth-order valence-electron chi connectivity index (χ4n) is 4.09. The fourth-order valence-corrected chi connectivity index (χ4v) is 4.09. The van der Waals surface area contributed by atoms with E-state index in [0.717, 1.165) is 42.0 Å². The molecule has 1 aromatic carbocycles. The van der Waals surface area contributed by atoms with Crippen molar-refractivity contribution in [2.75, 3.05) is 13.3 Å². The number of nitrogens with zero attached hydrogens (tertiary/aromatic N) is 2. The summed E-state index contributed by atoms with van der Waals surface area (Å²) in [4.78, 5) is 19.4. The molecule has 0 spiro atoms. The Bertz CT molecular complexity index is 810. The van der Waals surface area contributed by atoms with Crippen molar-refractivity contribution in [3.63, 3.8) is 0 Å². The zero-order valence-electron chi connectivity index (χ0n) is 19.6. The number of fused-ring (bicyclic) bond motifs is 1. The summed E-state index contributed by atoms with van der Waals surface area (Å²) >= 11 is 0. The van der Waals surface area contributed by atoms with E-state index >= 15 is 0 Å². The molecule has 0 unspecified atom stereocenters. The molecule has 1 aromatic heterocycles. The maximum atomic E-state index is 13.1. The molecule has 2 aromatic rings. The molecule has 2 heterocycles. The highest BCUT2D eigenvalue weighted by Crippen LogP contribution is 2.32. The Morgan fingerprint density at radius 3 is 2.44 bits per heavy atom. The van der Waals surface area contributed by atoms with Crippen LogP contribution in [-0.4, -0.2) is 29.1 Å². The molecule has 1 aliphatic rings. The summed E-state index contributed by atoms with van der Waals surface area (Å²) in [5.41, 5.74) is 2.08. The van der Waals surface area contributed by atoms with Crippen LogP contribution in [0.1, 0.15) is 82.4 Å². The summed E-state index contributed by atoms with van der Waals surface area (Å²) in [5.74, 6) is 1.76. The van der Waals surface area contributed by atoms with Gasteiger partial charge in [0.25, 0.3) is 0 Å². The van der Waals surface area contributed by atoms with Gasteiger partial charge in [-0.1, -0.05) is 70.4 Å². The van der Waals surface area contributed by atoms with Crippen LogP contribution in [0.15, 0.2) is 42.6 Å². The second-order valence-electron chi connectivity index (χ2n) is 8.65. The first-order valence-electron chi connectivity index (χ1n) is 12.3. The van der Waals surface area contributed by atoms with E-state index in [-0.39, 0.29) is 12.7 Å². The van der Waals surface area contributed by atoms with E-state index in [1.807, 2.05) is 47.5 Å². The van der Waals surface area contributed by atoms with Crippen LogP contribution in [0.3, 0.4) is 0 Å². The van der Waals surface area contributed by atoms with Gasteiger partial charge in [-0.3, -0.25) is 9.78 Å². The van der Waals surface area contributed by atoms with Gasteiger partial charge in [0.05, 0.1) is 0 Å². The molecule has 0 N–H and O–H groups in total. The van der Waals surface area contributed by atoms with E-state index in [1.54, 1.807) is 0 Å². The van der Waals surface area contributed by atoms with Crippen molar-refractivity contribution >= 4 is 5.91 Å². The lowest BCUT2D eigenvalue weighted by Crippen LogP contribution is -2.32. The predicted octanol–water partition coefficient (Wildman–Crippen LogP) is 6.30. The molecule has 0 fully saturated rings. The molecule has 1 amide bonds. The fraction of sp³-hybridized carbons (Fsp3) is 0.556. The summed E-state index contributed by atoms with van der Waals surface area (Å²) in [6, 6.07) is 11.9. The van der Waals surface area contributed by atoms with Crippen molar-refractivity contribution in [3.8, 4) is 11.5 Å². The van der Waals surface area contributed by atoms with Crippen LogP contribution in [0.4, 0.5) is 0 Å². The van der Waals surface area contributed by atoms with Crippen LogP contribution in [-0.2, 0) is 17.8 Å². The van der Waals surface area contributed by atoms with Crippen molar-refractivity contribution in [1.82, 2.24) is 9.88 Å². The zero-order chi connectivity index (χ0) is 22.4. The Morgan fingerprint density at radius 2 is 1.69 bits per heavy atom. The van der Waals surface area contributed by atoms with Gasteiger partial charge in [0.15, 0.2) is 11.5 Å². The number of pyridine rings is 1. The average Bonchev–Trinajstić information content (AvgIpc) is 3.29. The Kier molecular flexibility index (Phi) is 10.4. The first-order valence-corrected chi connectivity index (χ1v) is 12.3. The number of ether oxygens (including phenoxy) is 2. The number of amides is 1. The van der Waals surface area contributed by atoms with E-state index in [0.29, 0.717) is 19.5 Å². The van der Waals surface area contributed by atoms with Gasteiger partial charge < -0.3 is 14.4 Å². The molecule has 32 heavy (non-hydrogen) atoms. The molecule has 0 aliphatic carbocycles. The van der Waals surface area contributed by atoms with Gasteiger partial charge in [-0.25, -0.2) is 0 Å². The lowest BCUT2D eigenvalue weighted by molar-refractivity contribution is -0.132. The van der Waals surface area contributed by atoms with E-state index < -0.39 is 0 Å². The Hall–Kier alpha value is -2.56. The maximum Gasteiger partial charge on any atom is 0.231 e. The third-order valence-electron chi connectivity index (χ3n) is 6.02. The number of hydrogen-bond donors (Lipinski definition) is 0. The largest absolute Gasteiger partial charge is 0.454 e. The molecule has 5 nitrogen and oxygen atoms in total. The van der Waals surface area contributed by atoms with Gasteiger partial charge in [-0.05, 0) is 36.2 Å². The second kappa shape index (κ2) is 13.8. The first-order chi connectivity index (χ1) is 15.8. The van der Waals surface area contributed by atoms with Gasteiger partial charge >= 0.3 is 0 Å². The third kappa shape index (κ3) is 8.18. The zero-order valence-corrected chi connectivity index (χ0v) is 19.6.